The SMILES string of the molecule is CCC(C)C(NC(=O)C(C(C)CC)N(C)C(C)=O)C(=O)NC(=O)C(NC(CC(C)C)C(=O)C1(C)CO1)C(C)O. The number of ketones is 1. The molecule has 1 heterocycles. The number of aliphatic hydroxyl groups excluding tert-OH is 1. The predicted octanol–water partition coefficient (Wildman–Crippen LogP) is 1.16. The van der Waals surface area contributed by atoms with Gasteiger partial charge in [-0.1, -0.05) is 54.4 Å². The molecule has 0 bridgehead atoms. The molecule has 0 spiro atoms. The van der Waals surface area contributed by atoms with E-state index in [1.807, 2.05) is 34.6 Å². The zero-order valence-corrected chi connectivity index (χ0v) is 25.3. The molecule has 0 radical (unpaired) electrons. The molecule has 0 saturated carbocycles. The highest BCUT2D eigenvalue weighted by Crippen LogP contribution is 2.30. The quantitative estimate of drug-likeness (QED) is 0.207. The fourth-order valence-corrected chi connectivity index (χ4v) is 4.44. The van der Waals surface area contributed by atoms with Crippen LogP contribution < -0.4 is 16.0 Å². The number of amides is 4. The number of nitrogens with zero attached hydrogens (tertiary/aromatic N) is 1. The van der Waals surface area contributed by atoms with E-state index in [0.29, 0.717) is 25.9 Å². The predicted molar refractivity (Wildman–Crippen MR) is 147 cm³/mol. The first-order valence-electron chi connectivity index (χ1n) is 14.0. The number of carbonyl (C=O) groups is 5. The molecule has 0 aromatic heterocycles. The topological polar surface area (TPSA) is 157 Å². The zero-order chi connectivity index (χ0) is 30.2. The Balaban J connectivity index is 3.13. The van der Waals surface area contributed by atoms with Gasteiger partial charge in [-0.3, -0.25) is 34.6 Å². The molecular formula is C28H50N4O7. The van der Waals surface area contributed by atoms with Crippen LogP contribution in [0.5, 0.6) is 0 Å². The molecule has 4 N–H and O–H groups in total. The Bertz CT molecular complexity index is 887. The maximum absolute atomic E-state index is 13.3. The van der Waals surface area contributed by atoms with E-state index in [1.165, 1.54) is 18.7 Å². The molecule has 1 aliphatic rings. The lowest BCUT2D eigenvalue weighted by molar-refractivity contribution is -0.142. The third-order valence-electron chi connectivity index (χ3n) is 7.67. The largest absolute Gasteiger partial charge is 0.391 e. The summed E-state index contributed by atoms with van der Waals surface area (Å²) < 4.78 is 5.30. The summed E-state index contributed by atoms with van der Waals surface area (Å²) >= 11 is 0. The van der Waals surface area contributed by atoms with E-state index in [9.17, 15) is 29.1 Å². The van der Waals surface area contributed by atoms with Crippen molar-refractivity contribution in [3.05, 3.63) is 0 Å². The second-order valence-corrected chi connectivity index (χ2v) is 11.6. The van der Waals surface area contributed by atoms with Gasteiger partial charge in [-0.25, -0.2) is 0 Å². The summed E-state index contributed by atoms with van der Waals surface area (Å²) in [6.45, 7) is 16.0. The second-order valence-electron chi connectivity index (χ2n) is 11.6. The van der Waals surface area contributed by atoms with Crippen molar-refractivity contribution in [2.75, 3.05) is 13.7 Å². The van der Waals surface area contributed by atoms with Gasteiger partial charge in [0.25, 0.3) is 0 Å². The van der Waals surface area contributed by atoms with Gasteiger partial charge in [0.05, 0.1) is 18.8 Å². The third-order valence-corrected chi connectivity index (χ3v) is 7.67. The molecule has 0 aromatic carbocycles. The van der Waals surface area contributed by atoms with Gasteiger partial charge in [0.2, 0.25) is 23.6 Å². The highest BCUT2D eigenvalue weighted by Gasteiger charge is 2.50. The first-order chi connectivity index (χ1) is 18.0. The van der Waals surface area contributed by atoms with E-state index in [4.69, 9.17) is 4.74 Å². The van der Waals surface area contributed by atoms with Crippen LogP contribution in [0.4, 0.5) is 0 Å². The molecule has 0 aromatic rings. The third kappa shape index (κ3) is 9.65. The Kier molecular flexibility index (Phi) is 13.2. The Hall–Kier alpha value is -2.37. The number of hydrogen-bond acceptors (Lipinski definition) is 8. The molecule has 1 rings (SSSR count). The number of hydrogen-bond donors (Lipinski definition) is 4. The summed E-state index contributed by atoms with van der Waals surface area (Å²) in [7, 11) is 1.54. The maximum Gasteiger partial charge on any atom is 0.249 e. The average Bonchev–Trinajstić information content (AvgIpc) is 3.61. The van der Waals surface area contributed by atoms with Crippen LogP contribution in [0.25, 0.3) is 0 Å². The summed E-state index contributed by atoms with van der Waals surface area (Å²) in [5, 5.41) is 18.4. The summed E-state index contributed by atoms with van der Waals surface area (Å²) in [6, 6.07) is -3.86. The van der Waals surface area contributed by atoms with E-state index >= 15 is 0 Å². The summed E-state index contributed by atoms with van der Waals surface area (Å²) in [4.78, 5) is 66.3. The average molecular weight is 555 g/mol. The number of ether oxygens (including phenoxy) is 1. The van der Waals surface area contributed by atoms with E-state index in [-0.39, 0.29) is 29.4 Å². The number of Topliss-reactive ketones (excluding diaryl/α,β-unsaturated/α-hetero) is 1. The van der Waals surface area contributed by atoms with Crippen molar-refractivity contribution < 1.29 is 33.8 Å². The van der Waals surface area contributed by atoms with Crippen molar-refractivity contribution in [3.8, 4) is 0 Å². The van der Waals surface area contributed by atoms with Gasteiger partial charge < -0.3 is 20.1 Å². The van der Waals surface area contributed by atoms with Crippen molar-refractivity contribution in [2.24, 2.45) is 17.8 Å². The van der Waals surface area contributed by atoms with Crippen LogP contribution in [-0.4, -0.2) is 88.9 Å². The maximum atomic E-state index is 13.3. The number of likely N-dealkylation sites (N-methyl/N-ethyl adjacent to an activating group) is 1. The molecule has 1 saturated heterocycles. The minimum absolute atomic E-state index is 0.115. The summed E-state index contributed by atoms with van der Waals surface area (Å²) in [5.74, 6) is -2.90. The molecule has 0 aliphatic carbocycles. The molecular weight excluding hydrogens is 504 g/mol. The molecule has 224 valence electrons. The molecule has 11 heteroatoms. The molecule has 4 amide bonds. The highest BCUT2D eigenvalue weighted by atomic mass is 16.6. The Morgan fingerprint density at radius 3 is 1.85 bits per heavy atom. The van der Waals surface area contributed by atoms with E-state index in [0.717, 1.165) is 0 Å². The molecule has 8 atom stereocenters. The number of nitrogens with one attached hydrogen (secondary N) is 3. The molecule has 11 nitrogen and oxygen atoms in total. The number of imide groups is 1. The van der Waals surface area contributed by atoms with Crippen LogP contribution in [0, 0.1) is 17.8 Å². The van der Waals surface area contributed by atoms with Crippen molar-refractivity contribution in [2.45, 2.75) is 117 Å². The van der Waals surface area contributed by atoms with Gasteiger partial charge in [-0.15, -0.1) is 0 Å². The number of carbonyl (C=O) groups excluding carboxylic acids is 5. The van der Waals surface area contributed by atoms with Gasteiger partial charge in [-0.05, 0) is 38.0 Å². The fourth-order valence-electron chi connectivity index (χ4n) is 4.44. The minimum atomic E-state index is -1.26. The molecule has 8 unspecified atom stereocenters. The van der Waals surface area contributed by atoms with Crippen LogP contribution in [0.2, 0.25) is 0 Å². The standard InChI is InChI=1S/C28H50N4O7/c1-11-16(5)21(30-27(38)23(17(6)12-2)32(10)19(8)34)25(36)31-26(37)22(18(7)33)29-20(13-15(3)4)24(35)28(9)14-39-28/h15-18,20-23,29,33H,11-14H2,1-10H3,(H,30,38)(H,31,36,37). The normalized spacial score (nSPS) is 22.1. The number of epoxide rings is 1. The lowest BCUT2D eigenvalue weighted by Gasteiger charge is -2.33. The van der Waals surface area contributed by atoms with Crippen molar-refractivity contribution in [1.29, 1.82) is 0 Å². The molecule has 1 aliphatic heterocycles. The van der Waals surface area contributed by atoms with E-state index in [2.05, 4.69) is 16.0 Å². The van der Waals surface area contributed by atoms with Gasteiger partial charge in [0.1, 0.15) is 23.7 Å². The van der Waals surface area contributed by atoms with Crippen LogP contribution in [0.1, 0.15) is 81.6 Å². The monoisotopic (exact) mass is 554 g/mol. The summed E-state index contributed by atoms with van der Waals surface area (Å²) in [6.07, 6.45) is 0.360. The molecule has 39 heavy (non-hydrogen) atoms. The van der Waals surface area contributed by atoms with Gasteiger partial charge in [0, 0.05) is 14.0 Å². The lowest BCUT2D eigenvalue weighted by Crippen LogP contribution is -2.61. The Morgan fingerprint density at radius 1 is 0.923 bits per heavy atom. The van der Waals surface area contributed by atoms with Crippen molar-refractivity contribution in [1.82, 2.24) is 20.9 Å². The van der Waals surface area contributed by atoms with E-state index in [1.54, 1.807) is 20.9 Å². The molecule has 1 fully saturated rings. The number of rotatable bonds is 16. The van der Waals surface area contributed by atoms with Gasteiger partial charge >= 0.3 is 0 Å². The van der Waals surface area contributed by atoms with Crippen LogP contribution in [0.15, 0.2) is 0 Å². The first kappa shape index (κ1) is 34.7. The second kappa shape index (κ2) is 14.9. The Morgan fingerprint density at radius 2 is 1.44 bits per heavy atom. The van der Waals surface area contributed by atoms with Crippen LogP contribution in [-0.2, 0) is 28.7 Å². The van der Waals surface area contributed by atoms with Crippen LogP contribution in [0.3, 0.4) is 0 Å². The van der Waals surface area contributed by atoms with Gasteiger partial charge in [-0.2, -0.15) is 0 Å². The number of aliphatic hydroxyl groups is 1. The van der Waals surface area contributed by atoms with Gasteiger partial charge in [0.15, 0.2) is 5.78 Å². The van der Waals surface area contributed by atoms with Crippen LogP contribution >= 0.6 is 0 Å². The Labute approximate surface area is 233 Å². The van der Waals surface area contributed by atoms with E-state index < -0.39 is 53.6 Å². The van der Waals surface area contributed by atoms with Crippen molar-refractivity contribution >= 4 is 29.4 Å². The fraction of sp³-hybridized carbons (Fsp3) is 0.821. The minimum Gasteiger partial charge on any atom is -0.391 e. The lowest BCUT2D eigenvalue weighted by atomic mass is 9.92. The zero-order valence-electron chi connectivity index (χ0n) is 25.3. The first-order valence-corrected chi connectivity index (χ1v) is 14.0. The summed E-state index contributed by atoms with van der Waals surface area (Å²) in [5.41, 5.74) is -0.923. The highest BCUT2D eigenvalue weighted by molar-refractivity contribution is 6.02. The van der Waals surface area contributed by atoms with Crippen molar-refractivity contribution in [3.63, 3.8) is 0 Å². The smallest absolute Gasteiger partial charge is 0.249 e.